The summed E-state index contributed by atoms with van der Waals surface area (Å²) in [4.78, 5) is 16.9. The number of para-hydroxylation sites is 2. The molecule has 0 aliphatic carbocycles. The number of rotatable bonds is 3. The van der Waals surface area contributed by atoms with Crippen LogP contribution in [0.15, 0.2) is 91.0 Å². The normalized spacial score (nSPS) is 17.2. The molecule has 3 aromatic carbocycles. The van der Waals surface area contributed by atoms with Crippen LogP contribution in [0.25, 0.3) is 0 Å². The third kappa shape index (κ3) is 2.71. The molecule has 1 saturated heterocycles. The standard InChI is InChI=1S/C21H16N2OS/c24-20-19(16-10-4-1-5-11-16)22(17-12-6-2-7-13-17)21(25)23(20)18-14-8-3-9-15-18/h1-15,19H. The minimum atomic E-state index is -0.462. The molecule has 3 nitrogen and oxygen atoms in total. The highest BCUT2D eigenvalue weighted by atomic mass is 32.1. The molecule has 25 heavy (non-hydrogen) atoms. The molecule has 1 unspecified atom stereocenters. The Kier molecular flexibility index (Phi) is 4.04. The molecule has 1 aliphatic rings. The van der Waals surface area contributed by atoms with Gasteiger partial charge in [-0.2, -0.15) is 0 Å². The van der Waals surface area contributed by atoms with Crippen LogP contribution < -0.4 is 9.80 Å². The first-order valence-corrected chi connectivity index (χ1v) is 8.50. The van der Waals surface area contributed by atoms with E-state index in [0.717, 1.165) is 16.9 Å². The second-order valence-corrected chi connectivity index (χ2v) is 6.18. The minimum Gasteiger partial charge on any atom is -0.302 e. The molecule has 1 heterocycles. The zero-order chi connectivity index (χ0) is 17.2. The van der Waals surface area contributed by atoms with Gasteiger partial charge in [0.15, 0.2) is 5.11 Å². The lowest BCUT2D eigenvalue weighted by Crippen LogP contribution is -2.32. The molecule has 0 spiro atoms. The van der Waals surface area contributed by atoms with Gasteiger partial charge < -0.3 is 4.90 Å². The van der Waals surface area contributed by atoms with Crippen molar-refractivity contribution in [3.8, 4) is 0 Å². The highest BCUT2D eigenvalue weighted by Gasteiger charge is 2.44. The fraction of sp³-hybridized carbons (Fsp3) is 0.0476. The Morgan fingerprint density at radius 3 is 1.72 bits per heavy atom. The van der Waals surface area contributed by atoms with Crippen molar-refractivity contribution < 1.29 is 4.79 Å². The topological polar surface area (TPSA) is 23.6 Å². The van der Waals surface area contributed by atoms with Crippen LogP contribution in [0.5, 0.6) is 0 Å². The van der Waals surface area contributed by atoms with Gasteiger partial charge in [-0.3, -0.25) is 9.69 Å². The molecule has 1 aliphatic heterocycles. The van der Waals surface area contributed by atoms with E-state index >= 15 is 0 Å². The molecule has 4 heteroatoms. The van der Waals surface area contributed by atoms with Crippen molar-refractivity contribution in [2.75, 3.05) is 9.80 Å². The predicted molar refractivity (Wildman–Crippen MR) is 105 cm³/mol. The summed E-state index contributed by atoms with van der Waals surface area (Å²) in [5, 5.41) is 0.497. The maximum absolute atomic E-state index is 13.3. The van der Waals surface area contributed by atoms with Crippen molar-refractivity contribution >= 4 is 34.6 Å². The monoisotopic (exact) mass is 344 g/mol. The number of amides is 1. The number of benzene rings is 3. The maximum Gasteiger partial charge on any atom is 0.261 e. The van der Waals surface area contributed by atoms with Crippen LogP contribution in [0.4, 0.5) is 11.4 Å². The molecule has 1 fully saturated rings. The fourth-order valence-corrected chi connectivity index (χ4v) is 3.54. The van der Waals surface area contributed by atoms with Crippen molar-refractivity contribution in [2.24, 2.45) is 0 Å². The third-order valence-electron chi connectivity index (χ3n) is 4.27. The van der Waals surface area contributed by atoms with Crippen LogP contribution >= 0.6 is 12.2 Å². The molecular weight excluding hydrogens is 328 g/mol. The molecule has 0 saturated carbocycles. The number of nitrogens with zero attached hydrogens (tertiary/aromatic N) is 2. The first kappa shape index (κ1) is 15.5. The predicted octanol–water partition coefficient (Wildman–Crippen LogP) is 4.57. The van der Waals surface area contributed by atoms with Crippen molar-refractivity contribution in [3.63, 3.8) is 0 Å². The third-order valence-corrected chi connectivity index (χ3v) is 4.65. The van der Waals surface area contributed by atoms with Crippen molar-refractivity contribution in [1.29, 1.82) is 0 Å². The summed E-state index contributed by atoms with van der Waals surface area (Å²) >= 11 is 5.71. The highest BCUT2D eigenvalue weighted by molar-refractivity contribution is 7.81. The van der Waals surface area contributed by atoms with E-state index in [1.165, 1.54) is 0 Å². The average Bonchev–Trinajstić information content (AvgIpc) is 2.94. The molecule has 0 bridgehead atoms. The molecule has 122 valence electrons. The summed E-state index contributed by atoms with van der Waals surface area (Å²) in [7, 11) is 0. The number of hydrogen-bond donors (Lipinski definition) is 0. The van der Waals surface area contributed by atoms with Gasteiger partial charge in [-0.05, 0) is 42.0 Å². The summed E-state index contributed by atoms with van der Waals surface area (Å²) in [6, 6.07) is 28.7. The Balaban J connectivity index is 1.85. The molecule has 3 aromatic rings. The molecular formula is C21H16N2OS. The van der Waals surface area contributed by atoms with Crippen LogP contribution in [-0.4, -0.2) is 11.0 Å². The van der Waals surface area contributed by atoms with Gasteiger partial charge in [0.1, 0.15) is 6.04 Å². The van der Waals surface area contributed by atoms with E-state index < -0.39 is 6.04 Å². The van der Waals surface area contributed by atoms with Gasteiger partial charge in [-0.25, -0.2) is 0 Å². The van der Waals surface area contributed by atoms with E-state index in [2.05, 4.69) is 0 Å². The minimum absolute atomic E-state index is 0.0359. The Bertz CT molecular complexity index is 839. The van der Waals surface area contributed by atoms with Crippen molar-refractivity contribution in [3.05, 3.63) is 96.6 Å². The number of carbonyl (C=O) groups excluding carboxylic acids is 1. The van der Waals surface area contributed by atoms with E-state index in [1.807, 2.05) is 95.9 Å². The quantitative estimate of drug-likeness (QED) is 0.651. The Morgan fingerprint density at radius 2 is 1.16 bits per heavy atom. The van der Waals surface area contributed by atoms with E-state index in [-0.39, 0.29) is 5.91 Å². The second-order valence-electron chi connectivity index (χ2n) is 5.81. The first-order chi connectivity index (χ1) is 12.3. The van der Waals surface area contributed by atoms with Crippen LogP contribution in [-0.2, 0) is 4.79 Å². The summed E-state index contributed by atoms with van der Waals surface area (Å²) in [6.07, 6.45) is 0. The van der Waals surface area contributed by atoms with Gasteiger partial charge in [0.05, 0.1) is 5.69 Å². The van der Waals surface area contributed by atoms with Crippen LogP contribution in [0.3, 0.4) is 0 Å². The maximum atomic E-state index is 13.3. The van der Waals surface area contributed by atoms with Crippen LogP contribution in [0.1, 0.15) is 11.6 Å². The second kappa shape index (κ2) is 6.49. The summed E-state index contributed by atoms with van der Waals surface area (Å²) in [5.41, 5.74) is 2.63. The van der Waals surface area contributed by atoms with E-state index in [1.54, 1.807) is 4.90 Å². The lowest BCUT2D eigenvalue weighted by molar-refractivity contribution is -0.118. The zero-order valence-electron chi connectivity index (χ0n) is 13.4. The number of hydrogen-bond acceptors (Lipinski definition) is 2. The molecule has 0 aromatic heterocycles. The number of thiocarbonyl (C=S) groups is 1. The lowest BCUT2D eigenvalue weighted by atomic mass is 10.1. The molecule has 1 atom stereocenters. The van der Waals surface area contributed by atoms with Gasteiger partial charge in [-0.15, -0.1) is 0 Å². The smallest absolute Gasteiger partial charge is 0.261 e. The fourth-order valence-electron chi connectivity index (χ4n) is 3.13. The largest absolute Gasteiger partial charge is 0.302 e. The van der Waals surface area contributed by atoms with Crippen molar-refractivity contribution in [2.45, 2.75) is 6.04 Å². The molecule has 0 radical (unpaired) electrons. The summed E-state index contributed by atoms with van der Waals surface area (Å²) in [5.74, 6) is -0.0359. The molecule has 1 amide bonds. The molecule has 0 N–H and O–H groups in total. The Morgan fingerprint density at radius 1 is 0.680 bits per heavy atom. The van der Waals surface area contributed by atoms with E-state index in [9.17, 15) is 4.79 Å². The summed E-state index contributed by atoms with van der Waals surface area (Å²) in [6.45, 7) is 0. The van der Waals surface area contributed by atoms with Gasteiger partial charge in [0.25, 0.3) is 5.91 Å². The highest BCUT2D eigenvalue weighted by Crippen LogP contribution is 2.37. The van der Waals surface area contributed by atoms with Crippen molar-refractivity contribution in [1.82, 2.24) is 0 Å². The van der Waals surface area contributed by atoms with E-state index in [0.29, 0.717) is 5.11 Å². The number of carbonyl (C=O) groups is 1. The van der Waals surface area contributed by atoms with Crippen LogP contribution in [0.2, 0.25) is 0 Å². The average molecular weight is 344 g/mol. The van der Waals surface area contributed by atoms with Gasteiger partial charge in [0.2, 0.25) is 0 Å². The van der Waals surface area contributed by atoms with Gasteiger partial charge >= 0.3 is 0 Å². The SMILES string of the molecule is O=C1C(c2ccccc2)N(c2ccccc2)C(=S)N1c1ccccc1. The Hall–Kier alpha value is -2.98. The van der Waals surface area contributed by atoms with Crippen LogP contribution in [0, 0.1) is 0 Å². The summed E-state index contributed by atoms with van der Waals surface area (Å²) < 4.78 is 0. The number of anilines is 2. The van der Waals surface area contributed by atoms with E-state index in [4.69, 9.17) is 12.2 Å². The zero-order valence-corrected chi connectivity index (χ0v) is 14.3. The molecule has 4 rings (SSSR count). The first-order valence-electron chi connectivity index (χ1n) is 8.09. The van der Waals surface area contributed by atoms with Gasteiger partial charge in [0, 0.05) is 5.69 Å². The van der Waals surface area contributed by atoms with Gasteiger partial charge in [-0.1, -0.05) is 66.7 Å². The lowest BCUT2D eigenvalue weighted by Gasteiger charge is -2.24. The Labute approximate surface area is 152 Å².